The van der Waals surface area contributed by atoms with Crippen LogP contribution in [0.3, 0.4) is 0 Å². The molecule has 0 saturated carbocycles. The Balaban J connectivity index is 1.93. The third-order valence-electron chi connectivity index (χ3n) is 3.51. The lowest BCUT2D eigenvalue weighted by Crippen LogP contribution is -2.41. The van der Waals surface area contributed by atoms with Crippen LogP contribution in [0.25, 0.3) is 0 Å². The first-order chi connectivity index (χ1) is 10.4. The number of urea groups is 1. The maximum atomic E-state index is 12.2. The summed E-state index contributed by atoms with van der Waals surface area (Å²) >= 11 is 1.57. The smallest absolute Gasteiger partial charge is 0.325 e. The van der Waals surface area contributed by atoms with Crippen molar-refractivity contribution >= 4 is 29.2 Å². The summed E-state index contributed by atoms with van der Waals surface area (Å²) in [7, 11) is 1.67. The molecule has 1 atom stereocenters. The summed E-state index contributed by atoms with van der Waals surface area (Å²) < 4.78 is 0. The van der Waals surface area contributed by atoms with E-state index in [4.69, 9.17) is 0 Å². The Kier molecular flexibility index (Phi) is 5.18. The van der Waals surface area contributed by atoms with Crippen molar-refractivity contribution in [2.24, 2.45) is 5.92 Å². The lowest BCUT2D eigenvalue weighted by Gasteiger charge is -2.19. The topological polar surface area (TPSA) is 69.7 Å². The highest BCUT2D eigenvalue weighted by atomic mass is 32.1. The first-order valence-corrected chi connectivity index (χ1v) is 8.14. The summed E-state index contributed by atoms with van der Waals surface area (Å²) in [5, 5.41) is 4.59. The first kappa shape index (κ1) is 16.5. The summed E-state index contributed by atoms with van der Waals surface area (Å²) in [5.74, 6) is -0.259. The Morgan fingerprint density at radius 3 is 2.77 bits per heavy atom. The second-order valence-corrected chi connectivity index (χ2v) is 6.92. The molecule has 120 valence electrons. The Hall–Kier alpha value is -1.89. The van der Waals surface area contributed by atoms with Crippen molar-refractivity contribution in [1.82, 2.24) is 15.1 Å². The summed E-state index contributed by atoms with van der Waals surface area (Å²) in [6.07, 6.45) is 0.584. The number of amides is 4. The van der Waals surface area contributed by atoms with Crippen LogP contribution in [0.4, 0.5) is 4.79 Å². The second kappa shape index (κ2) is 6.91. The van der Waals surface area contributed by atoms with E-state index in [0.717, 1.165) is 9.78 Å². The summed E-state index contributed by atoms with van der Waals surface area (Å²) in [4.78, 5) is 39.9. The van der Waals surface area contributed by atoms with Crippen LogP contribution < -0.4 is 5.32 Å². The van der Waals surface area contributed by atoms with Crippen LogP contribution in [0.15, 0.2) is 17.5 Å². The molecule has 1 aliphatic rings. The molecule has 1 aromatic heterocycles. The van der Waals surface area contributed by atoms with Crippen LogP contribution in [0.1, 0.15) is 25.1 Å². The fourth-order valence-electron chi connectivity index (χ4n) is 2.34. The predicted molar refractivity (Wildman–Crippen MR) is 84.3 cm³/mol. The molecule has 0 aliphatic carbocycles. The molecule has 1 aromatic rings. The number of carbonyl (C=O) groups is 3. The summed E-state index contributed by atoms with van der Waals surface area (Å²) in [6, 6.07) is 2.88. The molecule has 0 bridgehead atoms. The Morgan fingerprint density at radius 1 is 1.45 bits per heavy atom. The van der Waals surface area contributed by atoms with Gasteiger partial charge in [-0.15, -0.1) is 11.3 Å². The SMILES string of the molecule is CC(C)CC1NC(=O)N(CC(=O)N(C)Cc2cccs2)C1=O. The van der Waals surface area contributed by atoms with Crippen molar-refractivity contribution < 1.29 is 14.4 Å². The highest BCUT2D eigenvalue weighted by molar-refractivity contribution is 7.09. The fraction of sp³-hybridized carbons (Fsp3) is 0.533. The standard InChI is InChI=1S/C15H21N3O3S/c1-10(2)7-12-14(20)18(15(21)16-12)9-13(19)17(3)8-11-5-4-6-22-11/h4-6,10,12H,7-9H2,1-3H3,(H,16,21). The minimum atomic E-state index is -0.511. The number of thiophene rings is 1. The van der Waals surface area contributed by atoms with Gasteiger partial charge in [0, 0.05) is 11.9 Å². The lowest BCUT2D eigenvalue weighted by atomic mass is 10.0. The Labute approximate surface area is 134 Å². The van der Waals surface area contributed by atoms with Crippen LogP contribution in [-0.4, -0.2) is 47.3 Å². The van der Waals surface area contributed by atoms with Gasteiger partial charge in [0.25, 0.3) is 5.91 Å². The van der Waals surface area contributed by atoms with Crippen LogP contribution in [0.2, 0.25) is 0 Å². The molecular formula is C15H21N3O3S. The van der Waals surface area contributed by atoms with Crippen molar-refractivity contribution in [3.63, 3.8) is 0 Å². The highest BCUT2D eigenvalue weighted by Gasteiger charge is 2.39. The van der Waals surface area contributed by atoms with E-state index in [0.29, 0.717) is 18.9 Å². The molecule has 6 nitrogen and oxygen atoms in total. The predicted octanol–water partition coefficient (Wildman–Crippen LogP) is 1.67. The molecule has 4 amide bonds. The largest absolute Gasteiger partial charge is 0.339 e. The maximum absolute atomic E-state index is 12.2. The van der Waals surface area contributed by atoms with Crippen LogP contribution in [0.5, 0.6) is 0 Å². The van der Waals surface area contributed by atoms with Gasteiger partial charge in [0.05, 0.1) is 6.54 Å². The Morgan fingerprint density at radius 2 is 2.18 bits per heavy atom. The van der Waals surface area contributed by atoms with Gasteiger partial charge < -0.3 is 10.2 Å². The zero-order valence-electron chi connectivity index (χ0n) is 13.0. The number of likely N-dealkylation sites (N-methyl/N-ethyl adjacent to an activating group) is 1. The minimum Gasteiger partial charge on any atom is -0.339 e. The summed E-state index contributed by atoms with van der Waals surface area (Å²) in [5.41, 5.74) is 0. The van der Waals surface area contributed by atoms with Gasteiger partial charge in [0.1, 0.15) is 12.6 Å². The van der Waals surface area contributed by atoms with Gasteiger partial charge in [-0.1, -0.05) is 19.9 Å². The van der Waals surface area contributed by atoms with Crippen molar-refractivity contribution in [3.8, 4) is 0 Å². The number of hydrogen-bond donors (Lipinski definition) is 1. The molecule has 1 N–H and O–H groups in total. The van der Waals surface area contributed by atoms with Crippen LogP contribution in [-0.2, 0) is 16.1 Å². The number of nitrogens with one attached hydrogen (secondary N) is 1. The van der Waals surface area contributed by atoms with Crippen molar-refractivity contribution in [2.45, 2.75) is 32.9 Å². The van der Waals surface area contributed by atoms with Crippen LogP contribution >= 0.6 is 11.3 Å². The van der Waals surface area contributed by atoms with Gasteiger partial charge in [0.2, 0.25) is 5.91 Å². The third kappa shape index (κ3) is 3.85. The lowest BCUT2D eigenvalue weighted by molar-refractivity contribution is -0.136. The average molecular weight is 323 g/mol. The van der Waals surface area contributed by atoms with Gasteiger partial charge in [0.15, 0.2) is 0 Å². The molecule has 22 heavy (non-hydrogen) atoms. The van der Waals surface area contributed by atoms with Crippen molar-refractivity contribution in [1.29, 1.82) is 0 Å². The third-order valence-corrected chi connectivity index (χ3v) is 4.37. The Bertz CT molecular complexity index is 556. The van der Waals surface area contributed by atoms with Gasteiger partial charge >= 0.3 is 6.03 Å². The first-order valence-electron chi connectivity index (χ1n) is 7.26. The molecule has 0 spiro atoms. The zero-order valence-corrected chi connectivity index (χ0v) is 13.9. The molecule has 0 aromatic carbocycles. The van der Waals surface area contributed by atoms with E-state index in [-0.39, 0.29) is 18.4 Å². The van der Waals surface area contributed by atoms with Gasteiger partial charge in [-0.3, -0.25) is 14.5 Å². The number of carbonyl (C=O) groups excluding carboxylic acids is 3. The number of hydrogen-bond acceptors (Lipinski definition) is 4. The van der Waals surface area contributed by atoms with Gasteiger partial charge in [-0.05, 0) is 23.8 Å². The van der Waals surface area contributed by atoms with E-state index in [9.17, 15) is 14.4 Å². The van der Waals surface area contributed by atoms with Crippen molar-refractivity contribution in [3.05, 3.63) is 22.4 Å². The van der Waals surface area contributed by atoms with E-state index < -0.39 is 12.1 Å². The fourth-order valence-corrected chi connectivity index (χ4v) is 3.10. The maximum Gasteiger partial charge on any atom is 0.325 e. The van der Waals surface area contributed by atoms with Crippen LogP contribution in [0, 0.1) is 5.92 Å². The minimum absolute atomic E-state index is 0.207. The number of imide groups is 1. The van der Waals surface area contributed by atoms with E-state index in [1.807, 2.05) is 31.4 Å². The number of nitrogens with zero attached hydrogens (tertiary/aromatic N) is 2. The van der Waals surface area contributed by atoms with E-state index in [1.165, 1.54) is 4.90 Å². The molecule has 1 fully saturated rings. The molecule has 1 saturated heterocycles. The molecule has 1 aliphatic heterocycles. The molecule has 1 unspecified atom stereocenters. The van der Waals surface area contributed by atoms with E-state index in [1.54, 1.807) is 18.4 Å². The van der Waals surface area contributed by atoms with Gasteiger partial charge in [-0.25, -0.2) is 4.79 Å². The highest BCUT2D eigenvalue weighted by Crippen LogP contribution is 2.15. The zero-order chi connectivity index (χ0) is 16.3. The van der Waals surface area contributed by atoms with Gasteiger partial charge in [-0.2, -0.15) is 0 Å². The quantitative estimate of drug-likeness (QED) is 0.810. The van der Waals surface area contributed by atoms with Crippen molar-refractivity contribution in [2.75, 3.05) is 13.6 Å². The molecular weight excluding hydrogens is 302 g/mol. The normalized spacial score (nSPS) is 18.0. The molecule has 2 rings (SSSR count). The molecule has 7 heteroatoms. The van der Waals surface area contributed by atoms with E-state index >= 15 is 0 Å². The molecule has 2 heterocycles. The monoisotopic (exact) mass is 323 g/mol. The summed E-state index contributed by atoms with van der Waals surface area (Å²) in [6.45, 7) is 4.25. The van der Waals surface area contributed by atoms with E-state index in [2.05, 4.69) is 5.32 Å². The second-order valence-electron chi connectivity index (χ2n) is 5.89. The average Bonchev–Trinajstić information content (AvgIpc) is 3.02. The molecule has 0 radical (unpaired) electrons. The number of rotatable bonds is 6.